The van der Waals surface area contributed by atoms with Crippen molar-refractivity contribution in [3.8, 4) is 5.75 Å². The van der Waals surface area contributed by atoms with E-state index in [4.69, 9.17) is 10.1 Å². The van der Waals surface area contributed by atoms with Gasteiger partial charge in [-0.1, -0.05) is 31.2 Å². The topological polar surface area (TPSA) is 33.1 Å². The Kier molecular flexibility index (Phi) is 2.91. The van der Waals surface area contributed by atoms with Gasteiger partial charge in [0.05, 0.1) is 7.11 Å². The number of hydrogen-bond donors (Lipinski definition) is 1. The molecule has 0 bridgehead atoms. The minimum Gasteiger partial charge on any atom is -0.497 e. The largest absolute Gasteiger partial charge is 0.497 e. The fourth-order valence-electron chi connectivity index (χ4n) is 1.75. The predicted octanol–water partition coefficient (Wildman–Crippen LogP) is 3.60. The second-order valence-corrected chi connectivity index (χ2v) is 3.93. The highest BCUT2D eigenvalue weighted by molar-refractivity contribution is 5.85. The maximum absolute atomic E-state index is 7.27. The molecule has 0 radical (unpaired) electrons. The van der Waals surface area contributed by atoms with E-state index in [1.54, 1.807) is 7.11 Å². The van der Waals surface area contributed by atoms with Crippen LogP contribution >= 0.6 is 0 Å². The smallest absolute Gasteiger partial charge is 0.119 e. The molecule has 1 atom stereocenters. The van der Waals surface area contributed by atoms with Crippen molar-refractivity contribution < 1.29 is 4.74 Å². The Hall–Kier alpha value is -1.83. The number of methoxy groups -OCH3 is 1. The molecule has 1 N–H and O–H groups in total. The maximum Gasteiger partial charge on any atom is 0.119 e. The van der Waals surface area contributed by atoms with E-state index >= 15 is 0 Å². The molecule has 82 valence electrons. The summed E-state index contributed by atoms with van der Waals surface area (Å²) in [6, 6.07) is 12.3. The minimum atomic E-state index is 0.173. The lowest BCUT2D eigenvalue weighted by Crippen LogP contribution is -1.93. The van der Waals surface area contributed by atoms with Crippen LogP contribution in [-0.2, 0) is 0 Å². The normalized spacial score (nSPS) is 12.4. The molecule has 16 heavy (non-hydrogen) atoms. The Morgan fingerprint density at radius 1 is 1.12 bits per heavy atom. The summed E-state index contributed by atoms with van der Waals surface area (Å²) in [5.74, 6) is 1.05. The van der Waals surface area contributed by atoms with E-state index in [-0.39, 0.29) is 5.92 Å². The van der Waals surface area contributed by atoms with Crippen LogP contribution in [0.4, 0.5) is 0 Å². The van der Waals surface area contributed by atoms with E-state index in [0.29, 0.717) is 0 Å². The molecule has 0 spiro atoms. The highest BCUT2D eigenvalue weighted by atomic mass is 16.5. The van der Waals surface area contributed by atoms with Crippen molar-refractivity contribution in [2.75, 3.05) is 7.11 Å². The van der Waals surface area contributed by atoms with Crippen molar-refractivity contribution in [3.63, 3.8) is 0 Å². The van der Waals surface area contributed by atoms with Gasteiger partial charge in [0.15, 0.2) is 0 Å². The van der Waals surface area contributed by atoms with Crippen molar-refractivity contribution in [3.05, 3.63) is 42.0 Å². The zero-order valence-corrected chi connectivity index (χ0v) is 9.53. The first-order valence-corrected chi connectivity index (χ1v) is 5.33. The van der Waals surface area contributed by atoms with Crippen LogP contribution in [0.25, 0.3) is 10.8 Å². The first-order chi connectivity index (χ1) is 7.74. The molecule has 1 unspecified atom stereocenters. The summed E-state index contributed by atoms with van der Waals surface area (Å²) < 4.78 is 5.18. The lowest BCUT2D eigenvalue weighted by Gasteiger charge is -2.08. The van der Waals surface area contributed by atoms with Crippen LogP contribution in [-0.4, -0.2) is 13.3 Å². The van der Waals surface area contributed by atoms with Gasteiger partial charge in [0.2, 0.25) is 0 Å². The van der Waals surface area contributed by atoms with Gasteiger partial charge in [-0.05, 0) is 28.5 Å². The first-order valence-electron chi connectivity index (χ1n) is 5.33. The summed E-state index contributed by atoms with van der Waals surface area (Å²) >= 11 is 0. The quantitative estimate of drug-likeness (QED) is 0.776. The molecular formula is C14H15NO. The van der Waals surface area contributed by atoms with Crippen molar-refractivity contribution in [2.45, 2.75) is 12.8 Å². The number of hydrogen-bond acceptors (Lipinski definition) is 2. The van der Waals surface area contributed by atoms with Crippen molar-refractivity contribution >= 4 is 17.0 Å². The van der Waals surface area contributed by atoms with E-state index in [9.17, 15) is 0 Å². The third-order valence-corrected chi connectivity index (χ3v) is 2.85. The third kappa shape index (κ3) is 1.91. The number of ether oxygens (including phenoxy) is 1. The van der Waals surface area contributed by atoms with Crippen LogP contribution in [0.15, 0.2) is 36.4 Å². The van der Waals surface area contributed by atoms with Crippen LogP contribution in [0.5, 0.6) is 5.75 Å². The first kappa shape index (κ1) is 10.7. The van der Waals surface area contributed by atoms with Gasteiger partial charge in [0, 0.05) is 12.1 Å². The second kappa shape index (κ2) is 4.35. The van der Waals surface area contributed by atoms with Crippen LogP contribution in [0, 0.1) is 5.41 Å². The van der Waals surface area contributed by atoms with Gasteiger partial charge >= 0.3 is 0 Å². The fourth-order valence-corrected chi connectivity index (χ4v) is 1.75. The van der Waals surface area contributed by atoms with Crippen LogP contribution in [0.3, 0.4) is 0 Å². The van der Waals surface area contributed by atoms with Gasteiger partial charge < -0.3 is 10.1 Å². The molecule has 0 fully saturated rings. The molecule has 0 heterocycles. The van der Waals surface area contributed by atoms with Gasteiger partial charge in [-0.2, -0.15) is 0 Å². The van der Waals surface area contributed by atoms with E-state index in [2.05, 4.69) is 18.2 Å². The highest BCUT2D eigenvalue weighted by Crippen LogP contribution is 2.24. The Bertz CT molecular complexity index is 519. The molecule has 2 nitrogen and oxygen atoms in total. The van der Waals surface area contributed by atoms with E-state index in [1.165, 1.54) is 22.6 Å². The molecule has 0 amide bonds. The molecule has 2 aromatic carbocycles. The van der Waals surface area contributed by atoms with Crippen LogP contribution < -0.4 is 4.74 Å². The Labute approximate surface area is 95.4 Å². The molecule has 0 aliphatic heterocycles. The molecule has 0 saturated carbocycles. The lowest BCUT2D eigenvalue weighted by atomic mass is 9.99. The number of nitrogens with one attached hydrogen (secondary N) is 1. The summed E-state index contributed by atoms with van der Waals surface area (Å²) in [7, 11) is 1.67. The molecule has 0 saturated heterocycles. The Morgan fingerprint density at radius 3 is 2.50 bits per heavy atom. The van der Waals surface area contributed by atoms with Crippen molar-refractivity contribution in [1.82, 2.24) is 0 Å². The molecule has 0 aliphatic carbocycles. The summed E-state index contributed by atoms with van der Waals surface area (Å²) in [6.07, 6.45) is 1.46. The molecule has 0 aliphatic rings. The monoisotopic (exact) mass is 213 g/mol. The Morgan fingerprint density at radius 2 is 1.81 bits per heavy atom. The fraction of sp³-hybridized carbons (Fsp3) is 0.214. The summed E-state index contributed by atoms with van der Waals surface area (Å²) in [6.45, 7) is 2.03. The van der Waals surface area contributed by atoms with Crippen LogP contribution in [0.2, 0.25) is 0 Å². The zero-order valence-electron chi connectivity index (χ0n) is 9.53. The number of fused-ring (bicyclic) bond motifs is 1. The molecular weight excluding hydrogens is 198 g/mol. The highest BCUT2D eigenvalue weighted by Gasteiger charge is 2.03. The van der Waals surface area contributed by atoms with E-state index < -0.39 is 0 Å². The Balaban J connectivity index is 2.51. The molecule has 2 heteroatoms. The second-order valence-electron chi connectivity index (χ2n) is 3.93. The SMILES string of the molecule is COc1ccc2cc(C(C)C=N)ccc2c1. The van der Waals surface area contributed by atoms with E-state index in [0.717, 1.165) is 5.75 Å². The summed E-state index contributed by atoms with van der Waals surface area (Å²) in [5, 5.41) is 9.63. The van der Waals surface area contributed by atoms with Crippen LogP contribution in [0.1, 0.15) is 18.4 Å². The summed E-state index contributed by atoms with van der Waals surface area (Å²) in [5.41, 5.74) is 1.17. The van der Waals surface area contributed by atoms with Gasteiger partial charge in [-0.25, -0.2) is 0 Å². The standard InChI is InChI=1S/C14H15NO/c1-10(9-15)11-3-4-13-8-14(16-2)6-5-12(13)7-11/h3-10,15H,1-2H3. The average molecular weight is 213 g/mol. The maximum atomic E-state index is 7.27. The molecule has 0 aromatic heterocycles. The number of benzene rings is 2. The molecule has 2 rings (SSSR count). The predicted molar refractivity (Wildman–Crippen MR) is 67.7 cm³/mol. The van der Waals surface area contributed by atoms with Gasteiger partial charge in [0.1, 0.15) is 5.75 Å². The average Bonchev–Trinajstić information content (AvgIpc) is 2.36. The lowest BCUT2D eigenvalue weighted by molar-refractivity contribution is 0.415. The third-order valence-electron chi connectivity index (χ3n) is 2.85. The minimum absolute atomic E-state index is 0.173. The zero-order chi connectivity index (χ0) is 11.5. The summed E-state index contributed by atoms with van der Waals surface area (Å²) in [4.78, 5) is 0. The van der Waals surface area contributed by atoms with Gasteiger partial charge in [0.25, 0.3) is 0 Å². The number of rotatable bonds is 3. The van der Waals surface area contributed by atoms with Gasteiger partial charge in [-0.3, -0.25) is 0 Å². The van der Waals surface area contributed by atoms with Crippen molar-refractivity contribution in [2.24, 2.45) is 0 Å². The van der Waals surface area contributed by atoms with Gasteiger partial charge in [-0.15, -0.1) is 0 Å². The van der Waals surface area contributed by atoms with E-state index in [1.807, 2.05) is 25.1 Å². The molecule has 2 aromatic rings. The van der Waals surface area contributed by atoms with Crippen molar-refractivity contribution in [1.29, 1.82) is 5.41 Å².